The zero-order valence-electron chi connectivity index (χ0n) is 22.5. The standard InChI is InChI=1S/C34H36N2O3/c1-25(2)23-31(33(38)39)35-32(37)30(24-26-15-7-3-8-16-26)36-34(27-17-9-4-10-18-27,28-19-11-5-12-20-28)29-21-13-6-14-22-29/h3-22,25,30-31,36H,23-24H2,1-2H3,(H,35,37)(H,38,39)/t30-,31-/m0/s1. The minimum Gasteiger partial charge on any atom is -0.480 e. The van der Waals surface area contributed by atoms with E-state index in [-0.39, 0.29) is 11.8 Å². The van der Waals surface area contributed by atoms with E-state index in [4.69, 9.17) is 0 Å². The summed E-state index contributed by atoms with van der Waals surface area (Å²) in [5, 5.41) is 16.5. The lowest BCUT2D eigenvalue weighted by Gasteiger charge is -2.40. The molecule has 4 aromatic rings. The molecule has 0 aliphatic heterocycles. The Morgan fingerprint density at radius 2 is 1.08 bits per heavy atom. The zero-order chi connectivity index (χ0) is 27.7. The summed E-state index contributed by atoms with van der Waals surface area (Å²) in [7, 11) is 0. The summed E-state index contributed by atoms with van der Waals surface area (Å²) < 4.78 is 0. The second kappa shape index (κ2) is 13.0. The van der Waals surface area contributed by atoms with Gasteiger partial charge in [-0.05, 0) is 41.0 Å². The van der Waals surface area contributed by atoms with Crippen LogP contribution in [-0.4, -0.2) is 29.1 Å². The minimum atomic E-state index is -1.03. The Morgan fingerprint density at radius 1 is 0.667 bits per heavy atom. The largest absolute Gasteiger partial charge is 0.480 e. The molecular weight excluding hydrogens is 484 g/mol. The monoisotopic (exact) mass is 520 g/mol. The van der Waals surface area contributed by atoms with Crippen molar-refractivity contribution in [2.45, 2.75) is 44.3 Å². The number of nitrogens with one attached hydrogen (secondary N) is 2. The van der Waals surface area contributed by atoms with Crippen LogP contribution in [0.2, 0.25) is 0 Å². The smallest absolute Gasteiger partial charge is 0.326 e. The first-order valence-corrected chi connectivity index (χ1v) is 13.4. The zero-order valence-corrected chi connectivity index (χ0v) is 22.5. The SMILES string of the molecule is CC(C)C[C@H](NC(=O)[C@H](Cc1ccccc1)NC(c1ccccc1)(c1ccccc1)c1ccccc1)C(=O)O. The van der Waals surface area contributed by atoms with Crippen LogP contribution in [0.15, 0.2) is 121 Å². The number of carbonyl (C=O) groups is 2. The molecule has 39 heavy (non-hydrogen) atoms. The second-order valence-corrected chi connectivity index (χ2v) is 10.3. The summed E-state index contributed by atoms with van der Waals surface area (Å²) in [5.41, 5.74) is 3.03. The van der Waals surface area contributed by atoms with Gasteiger partial charge in [0.25, 0.3) is 0 Å². The average Bonchev–Trinajstić information content (AvgIpc) is 2.96. The van der Waals surface area contributed by atoms with Crippen LogP contribution >= 0.6 is 0 Å². The quantitative estimate of drug-likeness (QED) is 0.207. The van der Waals surface area contributed by atoms with Gasteiger partial charge in [0.15, 0.2) is 0 Å². The van der Waals surface area contributed by atoms with Gasteiger partial charge in [0.05, 0.1) is 11.6 Å². The molecule has 2 atom stereocenters. The van der Waals surface area contributed by atoms with Crippen LogP contribution in [0.3, 0.4) is 0 Å². The van der Waals surface area contributed by atoms with Gasteiger partial charge in [-0.2, -0.15) is 0 Å². The minimum absolute atomic E-state index is 0.115. The molecule has 200 valence electrons. The van der Waals surface area contributed by atoms with Gasteiger partial charge in [-0.25, -0.2) is 4.79 Å². The van der Waals surface area contributed by atoms with Gasteiger partial charge < -0.3 is 10.4 Å². The van der Waals surface area contributed by atoms with E-state index in [2.05, 4.69) is 47.0 Å². The third-order valence-corrected chi connectivity index (χ3v) is 6.93. The Bertz CT molecular complexity index is 1230. The molecule has 0 aromatic heterocycles. The van der Waals surface area contributed by atoms with Crippen molar-refractivity contribution in [3.8, 4) is 0 Å². The lowest BCUT2D eigenvalue weighted by Crippen LogP contribution is -2.58. The molecule has 0 saturated carbocycles. The highest BCUT2D eigenvalue weighted by molar-refractivity contribution is 5.87. The summed E-state index contributed by atoms with van der Waals surface area (Å²) in [6.07, 6.45) is 0.731. The molecule has 5 nitrogen and oxygen atoms in total. The number of rotatable bonds is 12. The van der Waals surface area contributed by atoms with E-state index >= 15 is 0 Å². The number of hydrogen-bond acceptors (Lipinski definition) is 3. The summed E-state index contributed by atoms with van der Waals surface area (Å²) >= 11 is 0. The first-order chi connectivity index (χ1) is 18.9. The summed E-state index contributed by atoms with van der Waals surface area (Å²) in [5.74, 6) is -1.26. The molecule has 5 heteroatoms. The maximum Gasteiger partial charge on any atom is 0.326 e. The number of carboxylic acids is 1. The Hall–Kier alpha value is -4.22. The van der Waals surface area contributed by atoms with E-state index in [1.165, 1.54) is 0 Å². The lowest BCUT2D eigenvalue weighted by molar-refractivity contribution is -0.142. The van der Waals surface area contributed by atoms with Crippen molar-refractivity contribution in [1.29, 1.82) is 0 Å². The molecule has 3 N–H and O–H groups in total. The van der Waals surface area contributed by atoms with Crippen LogP contribution in [0.1, 0.15) is 42.5 Å². The number of carboxylic acid groups (broad SMARTS) is 1. The second-order valence-electron chi connectivity index (χ2n) is 10.3. The van der Waals surface area contributed by atoms with Crippen molar-refractivity contribution in [3.05, 3.63) is 144 Å². The number of hydrogen-bond donors (Lipinski definition) is 3. The van der Waals surface area contributed by atoms with E-state index in [0.717, 1.165) is 22.3 Å². The van der Waals surface area contributed by atoms with Gasteiger partial charge in [0, 0.05) is 0 Å². The fourth-order valence-corrected chi connectivity index (χ4v) is 5.10. The summed E-state index contributed by atoms with van der Waals surface area (Å²) in [6.45, 7) is 3.90. The Kier molecular flexibility index (Phi) is 9.29. The Morgan fingerprint density at radius 3 is 1.46 bits per heavy atom. The van der Waals surface area contributed by atoms with Crippen molar-refractivity contribution in [2.75, 3.05) is 0 Å². The molecule has 0 radical (unpaired) electrons. The molecule has 4 aromatic carbocycles. The molecule has 0 spiro atoms. The van der Waals surface area contributed by atoms with Gasteiger partial charge in [-0.3, -0.25) is 10.1 Å². The molecule has 0 unspecified atom stereocenters. The fourth-order valence-electron chi connectivity index (χ4n) is 5.10. The third-order valence-electron chi connectivity index (χ3n) is 6.93. The maximum atomic E-state index is 14.0. The summed E-state index contributed by atoms with van der Waals surface area (Å²) in [6, 6.07) is 38.3. The molecule has 0 aliphatic rings. The summed E-state index contributed by atoms with van der Waals surface area (Å²) in [4.78, 5) is 26.0. The highest BCUT2D eigenvalue weighted by Crippen LogP contribution is 2.37. The molecule has 4 rings (SSSR count). The van der Waals surface area contributed by atoms with E-state index in [0.29, 0.717) is 12.8 Å². The first-order valence-electron chi connectivity index (χ1n) is 13.4. The number of carbonyl (C=O) groups excluding carboxylic acids is 1. The van der Waals surface area contributed by atoms with E-state index in [1.54, 1.807) is 0 Å². The van der Waals surface area contributed by atoms with Gasteiger partial charge in [0.1, 0.15) is 6.04 Å². The van der Waals surface area contributed by atoms with Gasteiger partial charge in [-0.1, -0.05) is 135 Å². The van der Waals surface area contributed by atoms with Crippen LogP contribution in [0.4, 0.5) is 0 Å². The molecule has 0 fully saturated rings. The molecule has 1 amide bonds. The van der Waals surface area contributed by atoms with E-state index in [9.17, 15) is 14.7 Å². The van der Waals surface area contributed by atoms with Crippen LogP contribution in [0.5, 0.6) is 0 Å². The predicted octanol–water partition coefficient (Wildman–Crippen LogP) is 5.79. The molecular formula is C34H36N2O3. The maximum absolute atomic E-state index is 14.0. The fraction of sp³-hybridized carbons (Fsp3) is 0.235. The number of aliphatic carboxylic acids is 1. The number of benzene rings is 4. The van der Waals surface area contributed by atoms with Crippen molar-refractivity contribution in [3.63, 3.8) is 0 Å². The van der Waals surface area contributed by atoms with Crippen molar-refractivity contribution in [1.82, 2.24) is 10.6 Å². The van der Waals surface area contributed by atoms with Gasteiger partial charge in [0.2, 0.25) is 5.91 Å². The van der Waals surface area contributed by atoms with Crippen molar-refractivity contribution in [2.24, 2.45) is 5.92 Å². The average molecular weight is 521 g/mol. The lowest BCUT2D eigenvalue weighted by atomic mass is 9.76. The molecule has 0 saturated heterocycles. The topological polar surface area (TPSA) is 78.4 Å². The van der Waals surface area contributed by atoms with Crippen molar-refractivity contribution >= 4 is 11.9 Å². The third kappa shape index (κ3) is 6.81. The van der Waals surface area contributed by atoms with E-state index < -0.39 is 23.6 Å². The van der Waals surface area contributed by atoms with Crippen LogP contribution in [0.25, 0.3) is 0 Å². The predicted molar refractivity (Wildman–Crippen MR) is 155 cm³/mol. The molecule has 0 heterocycles. The number of amides is 1. The molecule has 0 aliphatic carbocycles. The molecule has 0 bridgehead atoms. The highest BCUT2D eigenvalue weighted by Gasteiger charge is 2.40. The van der Waals surface area contributed by atoms with Gasteiger partial charge in [-0.15, -0.1) is 0 Å². The first kappa shape index (κ1) is 27.8. The Labute approximate surface area is 230 Å². The normalized spacial score (nSPS) is 13.0. The Balaban J connectivity index is 1.86. The van der Waals surface area contributed by atoms with Crippen molar-refractivity contribution < 1.29 is 14.7 Å². The highest BCUT2D eigenvalue weighted by atomic mass is 16.4. The van der Waals surface area contributed by atoms with Crippen LogP contribution in [0, 0.1) is 5.92 Å². The van der Waals surface area contributed by atoms with Crippen LogP contribution < -0.4 is 10.6 Å². The van der Waals surface area contributed by atoms with Crippen LogP contribution in [-0.2, 0) is 21.5 Å². The van der Waals surface area contributed by atoms with Gasteiger partial charge >= 0.3 is 5.97 Å². The van der Waals surface area contributed by atoms with E-state index in [1.807, 2.05) is 98.8 Å².